The van der Waals surface area contributed by atoms with Gasteiger partial charge in [0.2, 0.25) is 0 Å². The molecule has 0 N–H and O–H groups in total. The van der Waals surface area contributed by atoms with Gasteiger partial charge in [0.05, 0.1) is 13.0 Å². The predicted molar refractivity (Wildman–Crippen MR) is 73.0 cm³/mol. The maximum Gasteiger partial charge on any atom is 0.306 e. The number of hydrogen-bond donors (Lipinski definition) is 0. The van der Waals surface area contributed by atoms with E-state index in [9.17, 15) is 9.59 Å². The third kappa shape index (κ3) is 4.92. The molecule has 0 aromatic heterocycles. The highest BCUT2D eigenvalue weighted by Crippen LogP contribution is 2.19. The summed E-state index contributed by atoms with van der Waals surface area (Å²) in [5.41, 5.74) is 0.743. The molecule has 0 saturated carbocycles. The van der Waals surface area contributed by atoms with Gasteiger partial charge >= 0.3 is 5.97 Å². The van der Waals surface area contributed by atoms with E-state index in [1.54, 1.807) is 18.7 Å². The molecule has 4 heteroatoms. The molecule has 0 fully saturated rings. The lowest BCUT2D eigenvalue weighted by molar-refractivity contribution is -0.142. The molecule has 0 aliphatic rings. The van der Waals surface area contributed by atoms with E-state index in [1.807, 2.05) is 31.2 Å². The Kier molecular flexibility index (Phi) is 6.50. The Labute approximate surface area is 112 Å². The van der Waals surface area contributed by atoms with Crippen LogP contribution in [-0.2, 0) is 9.53 Å². The van der Waals surface area contributed by atoms with Crippen LogP contribution in [-0.4, -0.2) is 24.1 Å². The number of esters is 1. The average molecular weight is 266 g/mol. The zero-order valence-electron chi connectivity index (χ0n) is 10.8. The van der Waals surface area contributed by atoms with E-state index in [4.69, 9.17) is 4.74 Å². The van der Waals surface area contributed by atoms with Crippen LogP contribution in [0, 0.1) is 0 Å². The number of carbonyl (C=O) groups excluding carboxylic acids is 2. The maximum absolute atomic E-state index is 11.4. The molecule has 0 aliphatic carbocycles. The lowest BCUT2D eigenvalue weighted by Crippen LogP contribution is -2.04. The van der Waals surface area contributed by atoms with Crippen molar-refractivity contribution in [1.29, 1.82) is 0 Å². The Hall–Kier alpha value is -1.29. The third-order valence-electron chi connectivity index (χ3n) is 2.38. The Morgan fingerprint density at radius 1 is 1.17 bits per heavy atom. The average Bonchev–Trinajstić information content (AvgIpc) is 2.39. The molecule has 0 radical (unpaired) electrons. The summed E-state index contributed by atoms with van der Waals surface area (Å²) >= 11 is 1.59. The lowest BCUT2D eigenvalue weighted by atomic mass is 10.1. The quantitative estimate of drug-likeness (QED) is 0.431. The predicted octanol–water partition coefficient (Wildman–Crippen LogP) is 3.32. The summed E-state index contributed by atoms with van der Waals surface area (Å²) in [7, 11) is 0. The van der Waals surface area contributed by atoms with Gasteiger partial charge in [-0.1, -0.05) is 19.1 Å². The molecule has 1 aromatic rings. The van der Waals surface area contributed by atoms with Crippen LogP contribution in [0.4, 0.5) is 0 Å². The lowest BCUT2D eigenvalue weighted by Gasteiger charge is -2.03. The van der Waals surface area contributed by atoms with Crippen LogP contribution in [0.25, 0.3) is 0 Å². The van der Waals surface area contributed by atoms with Gasteiger partial charge in [-0.05, 0) is 19.1 Å². The van der Waals surface area contributed by atoms with Crippen LogP contribution in [0.5, 0.6) is 0 Å². The molecule has 98 valence electrons. The van der Waals surface area contributed by atoms with Gasteiger partial charge in [-0.25, -0.2) is 0 Å². The zero-order valence-corrected chi connectivity index (χ0v) is 11.6. The van der Waals surface area contributed by atoms with Gasteiger partial charge in [0.25, 0.3) is 0 Å². The molecule has 3 nitrogen and oxygen atoms in total. The summed E-state index contributed by atoms with van der Waals surface area (Å²) in [6.07, 6.45) is 0.934. The molecule has 0 atom stereocenters. The van der Waals surface area contributed by atoms with Gasteiger partial charge in [-0.3, -0.25) is 9.59 Å². The van der Waals surface area contributed by atoms with Gasteiger partial charge in [-0.15, -0.1) is 11.8 Å². The van der Waals surface area contributed by atoms with Crippen molar-refractivity contribution < 1.29 is 14.3 Å². The number of benzene rings is 1. The highest BCUT2D eigenvalue weighted by Gasteiger charge is 2.04. The van der Waals surface area contributed by atoms with Gasteiger partial charge < -0.3 is 4.74 Å². The first-order chi connectivity index (χ1) is 8.67. The van der Waals surface area contributed by atoms with E-state index in [-0.39, 0.29) is 11.8 Å². The van der Waals surface area contributed by atoms with Gasteiger partial charge in [0.1, 0.15) is 0 Å². The molecule has 0 amide bonds. The second-order valence-electron chi connectivity index (χ2n) is 3.70. The topological polar surface area (TPSA) is 43.4 Å². The van der Waals surface area contributed by atoms with Crippen molar-refractivity contribution in [2.45, 2.75) is 31.6 Å². The second-order valence-corrected chi connectivity index (χ2v) is 4.87. The van der Waals surface area contributed by atoms with E-state index in [2.05, 4.69) is 0 Å². The van der Waals surface area contributed by atoms with E-state index >= 15 is 0 Å². The maximum atomic E-state index is 11.4. The van der Waals surface area contributed by atoms with Crippen molar-refractivity contribution in [1.82, 2.24) is 0 Å². The number of ketones is 1. The van der Waals surface area contributed by atoms with Crippen LogP contribution in [0.1, 0.15) is 37.0 Å². The van der Waals surface area contributed by atoms with Crippen LogP contribution in [0.2, 0.25) is 0 Å². The minimum atomic E-state index is -0.164. The van der Waals surface area contributed by atoms with Crippen molar-refractivity contribution in [2.75, 3.05) is 12.4 Å². The van der Waals surface area contributed by atoms with E-state index in [0.29, 0.717) is 25.2 Å². The van der Waals surface area contributed by atoms with Crippen LogP contribution >= 0.6 is 11.8 Å². The van der Waals surface area contributed by atoms with E-state index in [0.717, 1.165) is 10.5 Å². The fourth-order valence-corrected chi connectivity index (χ4v) is 2.26. The standard InChI is InChI=1S/C14H18O3S/c1-3-13(15)11-5-7-12(8-6-11)18-10-9-14(16)17-4-2/h5-8H,3-4,9-10H2,1-2H3. The first kappa shape index (κ1) is 14.8. The summed E-state index contributed by atoms with van der Waals surface area (Å²) in [4.78, 5) is 23.6. The van der Waals surface area contributed by atoms with Crippen molar-refractivity contribution in [2.24, 2.45) is 0 Å². The second kappa shape index (κ2) is 7.93. The Bertz CT molecular complexity index is 398. The summed E-state index contributed by atoms with van der Waals surface area (Å²) in [5, 5.41) is 0. The van der Waals surface area contributed by atoms with Crippen molar-refractivity contribution in [3.8, 4) is 0 Å². The first-order valence-electron chi connectivity index (χ1n) is 6.09. The number of ether oxygens (including phenoxy) is 1. The molecule has 1 aromatic carbocycles. The van der Waals surface area contributed by atoms with Crippen molar-refractivity contribution >= 4 is 23.5 Å². The Morgan fingerprint density at radius 3 is 2.39 bits per heavy atom. The van der Waals surface area contributed by atoms with E-state index in [1.165, 1.54) is 0 Å². The first-order valence-corrected chi connectivity index (χ1v) is 7.07. The minimum absolute atomic E-state index is 0.151. The molecular weight excluding hydrogens is 248 g/mol. The molecule has 1 rings (SSSR count). The van der Waals surface area contributed by atoms with Gasteiger partial charge in [0.15, 0.2) is 5.78 Å². The molecule has 0 saturated heterocycles. The summed E-state index contributed by atoms with van der Waals surface area (Å²) in [5.74, 6) is 0.681. The Morgan fingerprint density at radius 2 is 1.83 bits per heavy atom. The molecule has 0 heterocycles. The van der Waals surface area contributed by atoms with Gasteiger partial charge in [-0.2, -0.15) is 0 Å². The molecule has 0 bridgehead atoms. The molecule has 0 unspecified atom stereocenters. The largest absolute Gasteiger partial charge is 0.466 e. The number of Topliss-reactive ketones (excluding diaryl/α,β-unsaturated/α-hetero) is 1. The summed E-state index contributed by atoms with van der Waals surface area (Å²) in [6, 6.07) is 7.49. The fourth-order valence-electron chi connectivity index (χ4n) is 1.43. The molecule has 0 aliphatic heterocycles. The highest BCUT2D eigenvalue weighted by atomic mass is 32.2. The zero-order chi connectivity index (χ0) is 13.4. The summed E-state index contributed by atoms with van der Waals surface area (Å²) < 4.78 is 4.85. The SMILES string of the molecule is CCOC(=O)CCSc1ccc(C(=O)CC)cc1. The van der Waals surface area contributed by atoms with Crippen LogP contribution in [0.15, 0.2) is 29.2 Å². The number of carbonyl (C=O) groups is 2. The van der Waals surface area contributed by atoms with Crippen LogP contribution < -0.4 is 0 Å². The normalized spacial score (nSPS) is 10.1. The van der Waals surface area contributed by atoms with Gasteiger partial charge in [0, 0.05) is 22.6 Å². The molecule has 18 heavy (non-hydrogen) atoms. The summed E-state index contributed by atoms with van der Waals surface area (Å²) in [6.45, 7) is 4.08. The van der Waals surface area contributed by atoms with Crippen molar-refractivity contribution in [3.63, 3.8) is 0 Å². The number of hydrogen-bond acceptors (Lipinski definition) is 4. The number of thioether (sulfide) groups is 1. The smallest absolute Gasteiger partial charge is 0.306 e. The van der Waals surface area contributed by atoms with Crippen LogP contribution in [0.3, 0.4) is 0 Å². The fraction of sp³-hybridized carbons (Fsp3) is 0.429. The third-order valence-corrected chi connectivity index (χ3v) is 3.39. The minimum Gasteiger partial charge on any atom is -0.466 e. The monoisotopic (exact) mass is 266 g/mol. The number of rotatable bonds is 7. The molecule has 0 spiro atoms. The molecular formula is C14H18O3S. The van der Waals surface area contributed by atoms with Crippen molar-refractivity contribution in [3.05, 3.63) is 29.8 Å². The van der Waals surface area contributed by atoms with E-state index < -0.39 is 0 Å². The Balaban J connectivity index is 2.40. The highest BCUT2D eigenvalue weighted by molar-refractivity contribution is 7.99.